The molecule has 0 saturated carbocycles. The zero-order valence-electron chi connectivity index (χ0n) is 16.6. The summed E-state index contributed by atoms with van der Waals surface area (Å²) in [4.78, 5) is 13.1. The zero-order chi connectivity index (χ0) is 20.8. The van der Waals surface area contributed by atoms with Crippen molar-refractivity contribution in [3.63, 3.8) is 0 Å². The standard InChI is InChI=1S/C20H26N4O4S/c1-3-24-14(2)18(10-21-24)29(27,28)23-11-16(12-25)20(13-23)9-8-15-6-4-5-7-17(15)19(26)22-20/h4-7,10,16,25H,3,8-9,11-13H2,1-2H3,(H,22,26)/t16-,20+/m0/s1. The van der Waals surface area contributed by atoms with Crippen LogP contribution in [0, 0.1) is 12.8 Å². The lowest BCUT2D eigenvalue weighted by Crippen LogP contribution is -2.54. The summed E-state index contributed by atoms with van der Waals surface area (Å²) in [5.41, 5.74) is 1.35. The van der Waals surface area contributed by atoms with Crippen LogP contribution >= 0.6 is 0 Å². The van der Waals surface area contributed by atoms with E-state index in [0.717, 1.165) is 5.56 Å². The number of benzene rings is 1. The van der Waals surface area contributed by atoms with E-state index in [4.69, 9.17) is 0 Å². The summed E-state index contributed by atoms with van der Waals surface area (Å²) in [6, 6.07) is 7.42. The largest absolute Gasteiger partial charge is 0.396 e. The van der Waals surface area contributed by atoms with Gasteiger partial charge in [0.25, 0.3) is 5.91 Å². The highest BCUT2D eigenvalue weighted by Gasteiger charge is 2.51. The summed E-state index contributed by atoms with van der Waals surface area (Å²) in [5, 5.41) is 17.3. The van der Waals surface area contributed by atoms with E-state index in [1.165, 1.54) is 10.5 Å². The van der Waals surface area contributed by atoms with Crippen LogP contribution in [-0.2, 0) is 23.0 Å². The van der Waals surface area contributed by atoms with Gasteiger partial charge in [-0.3, -0.25) is 9.48 Å². The normalized spacial score (nSPS) is 25.1. The Bertz CT molecular complexity index is 1050. The second kappa shape index (κ2) is 7.23. The SMILES string of the molecule is CCn1ncc(S(=O)(=O)N2C[C@@H](CO)[C@@]3(CCc4ccccc4C(=O)N3)C2)c1C. The predicted octanol–water partition coefficient (Wildman–Crippen LogP) is 0.939. The molecule has 1 amide bonds. The van der Waals surface area contributed by atoms with Gasteiger partial charge in [-0.1, -0.05) is 18.2 Å². The Hall–Kier alpha value is -2.23. The molecule has 29 heavy (non-hydrogen) atoms. The number of sulfonamides is 1. The Morgan fingerprint density at radius 1 is 1.34 bits per heavy atom. The smallest absolute Gasteiger partial charge is 0.252 e. The van der Waals surface area contributed by atoms with Gasteiger partial charge in [0.1, 0.15) is 4.90 Å². The van der Waals surface area contributed by atoms with E-state index in [-0.39, 0.29) is 36.4 Å². The first kappa shape index (κ1) is 20.1. The minimum atomic E-state index is -3.79. The lowest BCUT2D eigenvalue weighted by atomic mass is 9.83. The van der Waals surface area contributed by atoms with E-state index >= 15 is 0 Å². The molecule has 2 aliphatic heterocycles. The Morgan fingerprint density at radius 2 is 2.10 bits per heavy atom. The van der Waals surface area contributed by atoms with Crippen molar-refractivity contribution in [3.05, 3.63) is 47.3 Å². The van der Waals surface area contributed by atoms with Crippen LogP contribution in [0.2, 0.25) is 0 Å². The number of aryl methyl sites for hydroxylation is 2. The van der Waals surface area contributed by atoms with Crippen LogP contribution in [0.4, 0.5) is 0 Å². The summed E-state index contributed by atoms with van der Waals surface area (Å²) >= 11 is 0. The van der Waals surface area contributed by atoms with E-state index in [9.17, 15) is 18.3 Å². The molecule has 2 aliphatic rings. The maximum absolute atomic E-state index is 13.3. The van der Waals surface area contributed by atoms with Crippen LogP contribution in [0.3, 0.4) is 0 Å². The van der Waals surface area contributed by atoms with Crippen LogP contribution in [0.1, 0.15) is 35.0 Å². The number of nitrogens with zero attached hydrogens (tertiary/aromatic N) is 3. The molecule has 1 fully saturated rings. The number of carbonyl (C=O) groups excluding carboxylic acids is 1. The monoisotopic (exact) mass is 418 g/mol. The maximum atomic E-state index is 13.3. The van der Waals surface area contributed by atoms with Crippen molar-refractivity contribution in [2.24, 2.45) is 5.92 Å². The van der Waals surface area contributed by atoms with E-state index in [1.54, 1.807) is 17.7 Å². The average Bonchev–Trinajstić information content (AvgIpc) is 3.23. The molecule has 2 N–H and O–H groups in total. The number of hydrogen-bond acceptors (Lipinski definition) is 5. The van der Waals surface area contributed by atoms with Crippen molar-refractivity contribution in [2.45, 2.75) is 43.7 Å². The highest BCUT2D eigenvalue weighted by Crippen LogP contribution is 2.37. The minimum absolute atomic E-state index is 0.136. The topological polar surface area (TPSA) is 105 Å². The van der Waals surface area contributed by atoms with Gasteiger partial charge in [-0.2, -0.15) is 9.40 Å². The molecule has 1 saturated heterocycles. The lowest BCUT2D eigenvalue weighted by Gasteiger charge is -2.33. The zero-order valence-corrected chi connectivity index (χ0v) is 17.4. The van der Waals surface area contributed by atoms with E-state index in [1.807, 2.05) is 25.1 Å². The molecule has 1 aromatic carbocycles. The van der Waals surface area contributed by atoms with Gasteiger partial charge in [-0.15, -0.1) is 0 Å². The fraction of sp³-hybridized carbons (Fsp3) is 0.500. The third kappa shape index (κ3) is 3.17. The highest BCUT2D eigenvalue weighted by atomic mass is 32.2. The van der Waals surface area contributed by atoms with Gasteiger partial charge < -0.3 is 10.4 Å². The molecule has 3 heterocycles. The first-order chi connectivity index (χ1) is 13.8. The summed E-state index contributed by atoms with van der Waals surface area (Å²) in [7, 11) is -3.79. The number of aromatic nitrogens is 2. The minimum Gasteiger partial charge on any atom is -0.396 e. The number of amides is 1. The summed E-state index contributed by atoms with van der Waals surface area (Å²) in [6.45, 7) is 4.32. The first-order valence-corrected chi connectivity index (χ1v) is 11.3. The van der Waals surface area contributed by atoms with E-state index < -0.39 is 15.6 Å². The van der Waals surface area contributed by atoms with E-state index in [0.29, 0.717) is 30.6 Å². The number of rotatable bonds is 4. The molecule has 1 spiro atoms. The van der Waals surface area contributed by atoms with Crippen LogP contribution in [0.15, 0.2) is 35.4 Å². The molecule has 2 aromatic rings. The molecule has 0 bridgehead atoms. The molecule has 156 valence electrons. The van der Waals surface area contributed by atoms with E-state index in [2.05, 4.69) is 10.4 Å². The maximum Gasteiger partial charge on any atom is 0.252 e. The van der Waals surface area contributed by atoms with Crippen molar-refractivity contribution in [1.29, 1.82) is 0 Å². The van der Waals surface area contributed by atoms with Gasteiger partial charge in [0.05, 0.1) is 17.4 Å². The van der Waals surface area contributed by atoms with Crippen LogP contribution in [-0.4, -0.2) is 58.8 Å². The molecule has 0 radical (unpaired) electrons. The fourth-order valence-corrected chi connectivity index (χ4v) is 6.30. The van der Waals surface area contributed by atoms with Crippen LogP contribution in [0.5, 0.6) is 0 Å². The number of hydrogen-bond donors (Lipinski definition) is 2. The summed E-state index contributed by atoms with van der Waals surface area (Å²) in [5.74, 6) is -0.595. The molecule has 8 nitrogen and oxygen atoms in total. The second-order valence-corrected chi connectivity index (χ2v) is 9.76. The number of aliphatic hydroxyl groups excluding tert-OH is 1. The van der Waals surface area contributed by atoms with Gasteiger partial charge in [0.2, 0.25) is 10.0 Å². The van der Waals surface area contributed by atoms with Gasteiger partial charge in [-0.05, 0) is 38.3 Å². The quantitative estimate of drug-likeness (QED) is 0.769. The Balaban J connectivity index is 1.67. The second-order valence-electron chi connectivity index (χ2n) is 7.85. The average molecular weight is 419 g/mol. The van der Waals surface area contributed by atoms with Crippen molar-refractivity contribution in [3.8, 4) is 0 Å². The number of nitrogens with one attached hydrogen (secondary N) is 1. The van der Waals surface area contributed by atoms with Gasteiger partial charge in [-0.25, -0.2) is 8.42 Å². The summed E-state index contributed by atoms with van der Waals surface area (Å²) < 4.78 is 29.7. The molecule has 0 aliphatic carbocycles. The van der Waals surface area contributed by atoms with Gasteiger partial charge in [0.15, 0.2) is 0 Å². The Labute approximate surface area is 170 Å². The number of fused-ring (bicyclic) bond motifs is 1. The van der Waals surface area contributed by atoms with Crippen LogP contribution < -0.4 is 5.32 Å². The van der Waals surface area contributed by atoms with Crippen molar-refractivity contribution < 1.29 is 18.3 Å². The number of carbonyl (C=O) groups is 1. The van der Waals surface area contributed by atoms with Crippen molar-refractivity contribution >= 4 is 15.9 Å². The molecule has 2 atom stereocenters. The fourth-order valence-electron chi connectivity index (χ4n) is 4.58. The Morgan fingerprint density at radius 3 is 2.79 bits per heavy atom. The molecule has 1 aromatic heterocycles. The lowest BCUT2D eigenvalue weighted by molar-refractivity contribution is 0.0848. The van der Waals surface area contributed by atoms with Crippen LogP contribution in [0.25, 0.3) is 0 Å². The first-order valence-electron chi connectivity index (χ1n) is 9.86. The van der Waals surface area contributed by atoms with Crippen molar-refractivity contribution in [1.82, 2.24) is 19.4 Å². The predicted molar refractivity (Wildman–Crippen MR) is 107 cm³/mol. The number of aliphatic hydroxyl groups is 1. The third-order valence-corrected chi connectivity index (χ3v) is 8.24. The highest BCUT2D eigenvalue weighted by molar-refractivity contribution is 7.89. The third-order valence-electron chi connectivity index (χ3n) is 6.32. The van der Waals surface area contributed by atoms with Gasteiger partial charge in [0, 0.05) is 37.7 Å². The molecular formula is C20H26N4O4S. The van der Waals surface area contributed by atoms with Gasteiger partial charge >= 0.3 is 0 Å². The molecular weight excluding hydrogens is 392 g/mol. The van der Waals surface area contributed by atoms with Crippen molar-refractivity contribution in [2.75, 3.05) is 19.7 Å². The molecule has 0 unspecified atom stereocenters. The summed E-state index contributed by atoms with van der Waals surface area (Å²) in [6.07, 6.45) is 2.60. The molecule has 9 heteroatoms. The Kier molecular flexibility index (Phi) is 5.00. The molecule has 4 rings (SSSR count).